The fraction of sp³-hybridized carbons (Fsp3) is 0.417. The number of benzene rings is 1. The molecule has 0 fully saturated rings. The van der Waals surface area contributed by atoms with Crippen LogP contribution in [0.25, 0.3) is 0 Å². The highest BCUT2D eigenvalue weighted by atomic mass is 32.2. The molecule has 8 heteroatoms. The average Bonchev–Trinajstić information content (AvgIpc) is 2.26. The fourth-order valence-electron chi connectivity index (χ4n) is 1.80. The summed E-state index contributed by atoms with van der Waals surface area (Å²) < 4.78 is 47.1. The van der Waals surface area contributed by atoms with Crippen molar-refractivity contribution in [1.29, 1.82) is 0 Å². The van der Waals surface area contributed by atoms with Crippen molar-refractivity contribution in [2.24, 2.45) is 5.92 Å². The lowest BCUT2D eigenvalue weighted by atomic mass is 10.1. The Bertz CT molecular complexity index is 699. The van der Waals surface area contributed by atoms with E-state index in [0.717, 1.165) is 30.5 Å². The Morgan fingerprint density at radius 2 is 1.40 bits per heavy atom. The number of carboxylic acid groups (broad SMARTS) is 1. The second kappa shape index (κ2) is 5.53. The molecule has 0 radical (unpaired) electrons. The number of rotatable bonds is 5. The Morgan fingerprint density at radius 1 is 1.00 bits per heavy atom. The molecule has 0 amide bonds. The molecule has 0 saturated heterocycles. The second-order valence-electron chi connectivity index (χ2n) is 4.79. The van der Waals surface area contributed by atoms with Gasteiger partial charge in [0.1, 0.15) is 0 Å². The number of hydrogen-bond donors (Lipinski definition) is 1. The number of carbonyl (C=O) groups is 1. The molecular weight excluding hydrogens is 304 g/mol. The van der Waals surface area contributed by atoms with Crippen molar-refractivity contribution in [3.05, 3.63) is 24.3 Å². The van der Waals surface area contributed by atoms with Crippen molar-refractivity contribution in [2.45, 2.75) is 28.9 Å². The van der Waals surface area contributed by atoms with Gasteiger partial charge in [-0.15, -0.1) is 0 Å². The summed E-state index contributed by atoms with van der Waals surface area (Å²) in [6.45, 7) is 3.00. The molecule has 20 heavy (non-hydrogen) atoms. The first kappa shape index (κ1) is 16.6. The van der Waals surface area contributed by atoms with Crippen LogP contribution in [0.3, 0.4) is 0 Å². The minimum Gasteiger partial charge on any atom is -0.480 e. The van der Waals surface area contributed by atoms with Crippen LogP contribution in [-0.2, 0) is 24.5 Å². The summed E-state index contributed by atoms with van der Waals surface area (Å²) in [5.74, 6) is -2.03. The first-order chi connectivity index (χ1) is 8.98. The van der Waals surface area contributed by atoms with Crippen LogP contribution in [0.15, 0.2) is 34.1 Å². The van der Waals surface area contributed by atoms with Crippen LogP contribution in [0.5, 0.6) is 0 Å². The summed E-state index contributed by atoms with van der Waals surface area (Å²) >= 11 is 0. The molecule has 0 spiro atoms. The highest BCUT2D eigenvalue weighted by molar-refractivity contribution is 7.93. The molecule has 6 nitrogen and oxygen atoms in total. The Hall–Kier alpha value is -1.41. The minimum atomic E-state index is -4.06. The Labute approximate surface area is 118 Å². The first-order valence-corrected chi connectivity index (χ1v) is 9.18. The van der Waals surface area contributed by atoms with Crippen molar-refractivity contribution < 1.29 is 26.7 Å². The molecule has 1 N–H and O–H groups in total. The molecule has 1 aromatic carbocycles. The van der Waals surface area contributed by atoms with E-state index in [-0.39, 0.29) is 9.79 Å². The lowest BCUT2D eigenvalue weighted by molar-refractivity contribution is -0.137. The summed E-state index contributed by atoms with van der Waals surface area (Å²) in [4.78, 5) is 10.9. The maximum Gasteiger partial charge on any atom is 0.322 e. The van der Waals surface area contributed by atoms with E-state index in [1.165, 1.54) is 13.8 Å². The lowest BCUT2D eigenvalue weighted by Gasteiger charge is -2.17. The van der Waals surface area contributed by atoms with Crippen LogP contribution in [0.2, 0.25) is 0 Å². The molecule has 0 aliphatic carbocycles. The van der Waals surface area contributed by atoms with Crippen LogP contribution in [0.1, 0.15) is 13.8 Å². The zero-order chi connectivity index (χ0) is 15.7. The molecule has 1 atom stereocenters. The van der Waals surface area contributed by atoms with Gasteiger partial charge in [-0.25, -0.2) is 16.8 Å². The summed E-state index contributed by atoms with van der Waals surface area (Å²) in [7, 11) is -7.49. The zero-order valence-corrected chi connectivity index (χ0v) is 12.9. The maximum atomic E-state index is 12.2. The maximum absolute atomic E-state index is 12.2. The van der Waals surface area contributed by atoms with Gasteiger partial charge in [-0.3, -0.25) is 4.79 Å². The highest BCUT2D eigenvalue weighted by Gasteiger charge is 2.36. The fourth-order valence-corrected chi connectivity index (χ4v) is 4.22. The zero-order valence-electron chi connectivity index (χ0n) is 11.3. The van der Waals surface area contributed by atoms with Gasteiger partial charge in [0.25, 0.3) is 0 Å². The average molecular weight is 320 g/mol. The van der Waals surface area contributed by atoms with E-state index in [2.05, 4.69) is 0 Å². The van der Waals surface area contributed by atoms with Gasteiger partial charge in [0.15, 0.2) is 24.9 Å². The van der Waals surface area contributed by atoms with Crippen LogP contribution >= 0.6 is 0 Å². The standard InChI is InChI=1S/C12H16O6S2/c1-8(2)11(12(13)14)20(17,18)10-6-4-9(5-7-10)19(3,15)16/h4-8,11H,1-3H3,(H,13,14). The van der Waals surface area contributed by atoms with Crippen molar-refractivity contribution in [3.8, 4) is 0 Å². The van der Waals surface area contributed by atoms with Crippen molar-refractivity contribution in [3.63, 3.8) is 0 Å². The lowest BCUT2D eigenvalue weighted by Crippen LogP contribution is -2.35. The van der Waals surface area contributed by atoms with Crippen molar-refractivity contribution >= 4 is 25.6 Å². The molecule has 1 rings (SSSR count). The molecule has 0 bridgehead atoms. The molecule has 1 unspecified atom stereocenters. The summed E-state index contributed by atoms with van der Waals surface area (Å²) in [6.07, 6.45) is 1.00. The monoisotopic (exact) mass is 320 g/mol. The first-order valence-electron chi connectivity index (χ1n) is 5.74. The van der Waals surface area contributed by atoms with Crippen molar-refractivity contribution in [2.75, 3.05) is 6.26 Å². The molecule has 0 heterocycles. The number of sulfone groups is 2. The summed E-state index contributed by atoms with van der Waals surface area (Å²) in [6, 6.07) is 4.54. The van der Waals surface area contributed by atoms with Crippen LogP contribution in [-0.4, -0.2) is 39.4 Å². The SMILES string of the molecule is CC(C)C(C(=O)O)S(=O)(=O)c1ccc(S(C)(=O)=O)cc1. The number of hydrogen-bond acceptors (Lipinski definition) is 5. The quantitative estimate of drug-likeness (QED) is 0.866. The van der Waals surface area contributed by atoms with Gasteiger partial charge in [-0.1, -0.05) is 13.8 Å². The molecule has 0 aromatic heterocycles. The third-order valence-electron chi connectivity index (χ3n) is 2.76. The van der Waals surface area contributed by atoms with Gasteiger partial charge in [0.2, 0.25) is 0 Å². The molecule has 0 saturated carbocycles. The van der Waals surface area contributed by atoms with Gasteiger partial charge in [-0.2, -0.15) is 0 Å². The molecule has 0 aliphatic rings. The normalized spacial score (nSPS) is 14.2. The Balaban J connectivity index is 3.33. The van der Waals surface area contributed by atoms with Gasteiger partial charge in [0.05, 0.1) is 9.79 Å². The van der Waals surface area contributed by atoms with Crippen molar-refractivity contribution in [1.82, 2.24) is 0 Å². The van der Waals surface area contributed by atoms with E-state index in [0.29, 0.717) is 0 Å². The highest BCUT2D eigenvalue weighted by Crippen LogP contribution is 2.23. The summed E-state index contributed by atoms with van der Waals surface area (Å²) in [5.41, 5.74) is 0. The minimum absolute atomic E-state index is 0.0205. The van der Waals surface area contributed by atoms with E-state index in [1.807, 2.05) is 0 Å². The molecular formula is C12H16O6S2. The number of carboxylic acids is 1. The second-order valence-corrected chi connectivity index (χ2v) is 8.88. The molecule has 112 valence electrons. The van der Waals surface area contributed by atoms with E-state index in [1.54, 1.807) is 0 Å². The van der Waals surface area contributed by atoms with E-state index in [9.17, 15) is 21.6 Å². The van der Waals surface area contributed by atoms with Gasteiger partial charge in [0, 0.05) is 6.26 Å². The summed E-state index contributed by atoms with van der Waals surface area (Å²) in [5, 5.41) is 7.49. The topological polar surface area (TPSA) is 106 Å². The largest absolute Gasteiger partial charge is 0.480 e. The molecule has 1 aromatic rings. The van der Waals surface area contributed by atoms with Gasteiger partial charge >= 0.3 is 5.97 Å². The predicted molar refractivity (Wildman–Crippen MR) is 73.0 cm³/mol. The third-order valence-corrected chi connectivity index (χ3v) is 6.24. The van der Waals surface area contributed by atoms with E-state index in [4.69, 9.17) is 5.11 Å². The Morgan fingerprint density at radius 3 is 1.70 bits per heavy atom. The van der Waals surface area contributed by atoms with E-state index >= 15 is 0 Å². The number of aliphatic carboxylic acids is 1. The molecule has 0 aliphatic heterocycles. The predicted octanol–water partition coefficient (Wildman–Crippen LogP) is 0.973. The van der Waals surface area contributed by atoms with Crippen LogP contribution < -0.4 is 0 Å². The van der Waals surface area contributed by atoms with Gasteiger partial charge in [-0.05, 0) is 30.2 Å². The van der Waals surface area contributed by atoms with E-state index < -0.39 is 36.8 Å². The smallest absolute Gasteiger partial charge is 0.322 e. The van der Waals surface area contributed by atoms with Crippen LogP contribution in [0.4, 0.5) is 0 Å². The third kappa shape index (κ3) is 3.37. The van der Waals surface area contributed by atoms with Crippen LogP contribution in [0, 0.1) is 5.92 Å². The van der Waals surface area contributed by atoms with Gasteiger partial charge < -0.3 is 5.11 Å². The Kier molecular flexibility index (Phi) is 4.60.